The Kier molecular flexibility index (Phi) is 4.01. The van der Waals surface area contributed by atoms with Crippen molar-refractivity contribution in [2.45, 2.75) is 19.9 Å². The van der Waals surface area contributed by atoms with Gasteiger partial charge in [-0.2, -0.15) is 0 Å². The molecule has 2 heterocycles. The summed E-state index contributed by atoms with van der Waals surface area (Å²) in [4.78, 5) is 22.1. The van der Waals surface area contributed by atoms with Gasteiger partial charge in [-0.05, 0) is 16.3 Å². The molecule has 0 fully saturated rings. The van der Waals surface area contributed by atoms with E-state index in [2.05, 4.69) is 27.2 Å². The third-order valence-electron chi connectivity index (χ3n) is 2.41. The van der Waals surface area contributed by atoms with Crippen molar-refractivity contribution in [2.75, 3.05) is 11.9 Å². The van der Waals surface area contributed by atoms with Gasteiger partial charge >= 0.3 is 5.82 Å². The van der Waals surface area contributed by atoms with Crippen LogP contribution in [0.5, 0.6) is 0 Å². The highest BCUT2D eigenvalue weighted by Gasteiger charge is 2.10. The van der Waals surface area contributed by atoms with Gasteiger partial charge in [0, 0.05) is 6.54 Å². The average Bonchev–Trinajstić information content (AvgIpc) is 2.87. The van der Waals surface area contributed by atoms with Gasteiger partial charge in [0.25, 0.3) is 0 Å². The summed E-state index contributed by atoms with van der Waals surface area (Å²) in [5.74, 6) is 0.552. The summed E-state index contributed by atoms with van der Waals surface area (Å²) in [5, 5.41) is 13.6. The lowest BCUT2D eigenvalue weighted by Crippen LogP contribution is -2.05. The first-order chi connectivity index (χ1) is 9.19. The normalized spacial score (nSPS) is 10.4. The number of hydrogen-bond donors (Lipinski definition) is 1. The minimum Gasteiger partial charge on any atom is -0.369 e. The van der Waals surface area contributed by atoms with Crippen LogP contribution in [-0.2, 0) is 6.54 Å². The first kappa shape index (κ1) is 12.9. The zero-order valence-corrected chi connectivity index (χ0v) is 10.5. The van der Waals surface area contributed by atoms with E-state index in [0.717, 1.165) is 18.8 Å². The van der Waals surface area contributed by atoms with Crippen LogP contribution in [0.25, 0.3) is 0 Å². The minimum atomic E-state index is -0.528. The lowest BCUT2D eigenvalue weighted by Gasteiger charge is -2.04. The van der Waals surface area contributed by atoms with Gasteiger partial charge in [-0.25, -0.2) is 4.98 Å². The smallest absolute Gasteiger partial charge is 0.369 e. The van der Waals surface area contributed by atoms with Gasteiger partial charge in [0.1, 0.15) is 12.0 Å². The molecule has 0 aliphatic carbocycles. The lowest BCUT2D eigenvalue weighted by atomic mass is 10.4. The molecule has 0 radical (unpaired) electrons. The average molecular weight is 262 g/mol. The molecular weight excluding hydrogens is 248 g/mol. The summed E-state index contributed by atoms with van der Waals surface area (Å²) in [6.07, 6.45) is 7.08. The predicted octanol–water partition coefficient (Wildman–Crippen LogP) is 1.45. The molecule has 0 atom stereocenters. The topological polar surface area (TPSA) is 98.8 Å². The van der Waals surface area contributed by atoms with E-state index in [1.165, 1.54) is 12.5 Å². The fourth-order valence-electron chi connectivity index (χ4n) is 1.50. The molecule has 0 aliphatic rings. The van der Waals surface area contributed by atoms with Crippen LogP contribution in [0.3, 0.4) is 0 Å². The van der Waals surface area contributed by atoms with Crippen LogP contribution in [0.15, 0.2) is 24.9 Å². The van der Waals surface area contributed by atoms with Crippen LogP contribution >= 0.6 is 0 Å². The molecule has 100 valence electrons. The number of rotatable bonds is 6. The second-order valence-electron chi connectivity index (χ2n) is 3.98. The molecule has 2 aromatic rings. The third kappa shape index (κ3) is 3.47. The maximum Gasteiger partial charge on any atom is 0.381 e. The second kappa shape index (κ2) is 5.89. The molecule has 0 saturated carbocycles. The number of anilines is 1. The van der Waals surface area contributed by atoms with Crippen molar-refractivity contribution in [3.8, 4) is 0 Å². The molecule has 2 rings (SSSR count). The first-order valence-electron chi connectivity index (χ1n) is 5.90. The molecular formula is C11H14N6O2. The Labute approximate surface area is 109 Å². The largest absolute Gasteiger partial charge is 0.381 e. The van der Waals surface area contributed by atoms with Crippen molar-refractivity contribution in [2.24, 2.45) is 0 Å². The van der Waals surface area contributed by atoms with Crippen molar-refractivity contribution in [3.05, 3.63) is 40.7 Å². The molecule has 0 aliphatic heterocycles. The van der Waals surface area contributed by atoms with E-state index < -0.39 is 4.92 Å². The maximum absolute atomic E-state index is 10.5. The van der Waals surface area contributed by atoms with Crippen molar-refractivity contribution in [1.29, 1.82) is 0 Å². The van der Waals surface area contributed by atoms with Crippen LogP contribution in [0.2, 0.25) is 0 Å². The molecule has 0 amide bonds. The quantitative estimate of drug-likeness (QED) is 0.625. The summed E-state index contributed by atoms with van der Waals surface area (Å²) < 4.78 is 1.60. The van der Waals surface area contributed by atoms with E-state index in [1.807, 2.05) is 0 Å². The van der Waals surface area contributed by atoms with Gasteiger partial charge in [0.05, 0.1) is 24.6 Å². The number of aromatic nitrogens is 4. The van der Waals surface area contributed by atoms with Crippen LogP contribution < -0.4 is 5.32 Å². The van der Waals surface area contributed by atoms with E-state index in [0.29, 0.717) is 12.2 Å². The van der Waals surface area contributed by atoms with Crippen LogP contribution in [-0.4, -0.2) is 31.0 Å². The standard InChI is InChI=1S/C11H14N6O2/c1-2-3-12-10-5-13-9(4-14-10)6-16-7-11(15-8-16)17(18)19/h4-5,7-8H,2-3,6H2,1H3,(H,12,14). The van der Waals surface area contributed by atoms with Gasteiger partial charge in [0.15, 0.2) is 0 Å². The highest BCUT2D eigenvalue weighted by molar-refractivity contribution is 5.30. The molecule has 0 aromatic carbocycles. The summed E-state index contributed by atoms with van der Waals surface area (Å²) in [5.41, 5.74) is 0.717. The molecule has 0 spiro atoms. The van der Waals surface area contributed by atoms with Crippen LogP contribution in [0.4, 0.5) is 11.6 Å². The maximum atomic E-state index is 10.5. The number of nitrogens with one attached hydrogen (secondary N) is 1. The van der Waals surface area contributed by atoms with E-state index in [1.54, 1.807) is 17.0 Å². The first-order valence-corrected chi connectivity index (χ1v) is 5.90. The van der Waals surface area contributed by atoms with Crippen molar-refractivity contribution < 1.29 is 4.92 Å². The molecule has 0 unspecified atom stereocenters. The Morgan fingerprint density at radius 2 is 2.21 bits per heavy atom. The van der Waals surface area contributed by atoms with Gasteiger partial charge in [-0.3, -0.25) is 4.98 Å². The zero-order chi connectivity index (χ0) is 13.7. The van der Waals surface area contributed by atoms with Crippen molar-refractivity contribution >= 4 is 11.6 Å². The molecule has 1 N–H and O–H groups in total. The SMILES string of the molecule is CCCNc1cnc(Cn2cnc([N+](=O)[O-])c2)cn1. The summed E-state index contributed by atoms with van der Waals surface area (Å²) in [6.45, 7) is 3.32. The van der Waals surface area contributed by atoms with Gasteiger partial charge in [0.2, 0.25) is 6.33 Å². The minimum absolute atomic E-state index is 0.172. The van der Waals surface area contributed by atoms with E-state index in [-0.39, 0.29) is 5.82 Å². The summed E-state index contributed by atoms with van der Waals surface area (Å²) in [6, 6.07) is 0. The van der Waals surface area contributed by atoms with Gasteiger partial charge in [-0.1, -0.05) is 6.92 Å². The number of nitrogens with zero attached hydrogens (tertiary/aromatic N) is 5. The lowest BCUT2D eigenvalue weighted by molar-refractivity contribution is -0.389. The molecule has 2 aromatic heterocycles. The highest BCUT2D eigenvalue weighted by atomic mass is 16.6. The second-order valence-corrected chi connectivity index (χ2v) is 3.98. The van der Waals surface area contributed by atoms with E-state index >= 15 is 0 Å². The van der Waals surface area contributed by atoms with Crippen molar-refractivity contribution in [3.63, 3.8) is 0 Å². The highest BCUT2D eigenvalue weighted by Crippen LogP contribution is 2.08. The fourth-order valence-corrected chi connectivity index (χ4v) is 1.50. The van der Waals surface area contributed by atoms with Gasteiger partial charge in [-0.15, -0.1) is 0 Å². The molecule has 8 nitrogen and oxygen atoms in total. The van der Waals surface area contributed by atoms with E-state index in [9.17, 15) is 10.1 Å². The molecule has 19 heavy (non-hydrogen) atoms. The Bertz CT molecular complexity index is 551. The summed E-state index contributed by atoms with van der Waals surface area (Å²) >= 11 is 0. The molecule has 0 bridgehead atoms. The molecule has 0 saturated heterocycles. The number of imidazole rings is 1. The molecule has 8 heteroatoms. The number of nitro groups is 1. The Morgan fingerprint density at radius 3 is 2.79 bits per heavy atom. The van der Waals surface area contributed by atoms with Crippen LogP contribution in [0, 0.1) is 10.1 Å². The van der Waals surface area contributed by atoms with E-state index in [4.69, 9.17) is 0 Å². The van der Waals surface area contributed by atoms with Crippen molar-refractivity contribution in [1.82, 2.24) is 19.5 Å². The van der Waals surface area contributed by atoms with Gasteiger partial charge < -0.3 is 20.0 Å². The van der Waals surface area contributed by atoms with Crippen LogP contribution in [0.1, 0.15) is 19.0 Å². The Hall–Kier alpha value is -2.51. The monoisotopic (exact) mass is 262 g/mol. The zero-order valence-electron chi connectivity index (χ0n) is 10.5. The number of hydrogen-bond acceptors (Lipinski definition) is 6. The Balaban J connectivity index is 2.00. The fraction of sp³-hybridized carbons (Fsp3) is 0.364. The Morgan fingerprint density at radius 1 is 1.37 bits per heavy atom. The third-order valence-corrected chi connectivity index (χ3v) is 2.41. The summed E-state index contributed by atoms with van der Waals surface area (Å²) in [7, 11) is 0. The predicted molar refractivity (Wildman–Crippen MR) is 68.8 cm³/mol.